The van der Waals surface area contributed by atoms with Crippen LogP contribution in [0, 0.1) is 29.6 Å². The topological polar surface area (TPSA) is 177 Å². The van der Waals surface area contributed by atoms with Crippen molar-refractivity contribution in [3.05, 3.63) is 53.8 Å². The molecule has 14 unspecified atom stereocenters. The fraction of sp³-hybridized carbons (Fsp3) is 0.692. The van der Waals surface area contributed by atoms with E-state index in [1.807, 2.05) is 33.0 Å². The first-order valence-electron chi connectivity index (χ1n) is 24.3. The molecule has 3 N–H and O–H groups in total. The van der Waals surface area contributed by atoms with Crippen molar-refractivity contribution < 1.29 is 53.1 Å². The van der Waals surface area contributed by atoms with E-state index in [4.69, 9.17) is 23.7 Å². The number of esters is 1. The average molecular weight is 920 g/mol. The molecule has 2 saturated heterocycles. The third-order valence-corrected chi connectivity index (χ3v) is 15.3. The van der Waals surface area contributed by atoms with E-state index in [2.05, 4.69) is 54.2 Å². The van der Waals surface area contributed by atoms with Crippen molar-refractivity contribution in [3.8, 4) is 0 Å². The molecule has 366 valence electrons. The number of ketones is 2. The molecule has 2 bridgehead atoms. The molecule has 4 heterocycles. The summed E-state index contributed by atoms with van der Waals surface area (Å²) in [6.45, 7) is 11.4. The molecule has 14 heteroatoms. The Balaban J connectivity index is 1.31. The van der Waals surface area contributed by atoms with Crippen molar-refractivity contribution in [2.24, 2.45) is 29.6 Å². The molecule has 1 aromatic heterocycles. The molecule has 4 aliphatic rings. The first kappa shape index (κ1) is 51.5. The van der Waals surface area contributed by atoms with Gasteiger partial charge in [0.2, 0.25) is 5.79 Å². The zero-order chi connectivity index (χ0) is 48.0. The third-order valence-electron chi connectivity index (χ3n) is 15.3. The number of aromatic amines is 1. The van der Waals surface area contributed by atoms with Crippen LogP contribution in [0.25, 0.3) is 10.9 Å². The van der Waals surface area contributed by atoms with Gasteiger partial charge in [0, 0.05) is 81.9 Å². The number of H-pyrrole nitrogens is 1. The summed E-state index contributed by atoms with van der Waals surface area (Å²) in [7, 11) is 6.92. The maximum atomic E-state index is 14.6. The normalized spacial score (nSPS) is 36.3. The lowest BCUT2D eigenvalue weighted by atomic mass is 9.80. The standard InChI is InChI=1S/C52H77N3O11/c1-11-36-23-30(2)22-31(3)24-45(63-9)48-46(64-10)26-33(5)52(61,66-48)49(58)50(59)55-21-13-12-14-41(55)51(60)65-47(34(6)42(56)29-43(36)57)32(4)25-35-15-18-40(44(27-35)62-8)54(7)38-16-17-39-37(28-38)19-20-53-39/h16-17,19-20,23,25,28,31,33-36,40-42,44-48,53,56,61H,11-15,18,21-22,24,26-27,29H2,1-10H3. The number of ether oxygens (including phenoxy) is 5. The zero-order valence-corrected chi connectivity index (χ0v) is 41.0. The smallest absolute Gasteiger partial charge is 0.329 e. The number of hydrogen-bond acceptors (Lipinski definition) is 12. The molecule has 14 nitrogen and oxygen atoms in total. The van der Waals surface area contributed by atoms with Gasteiger partial charge in [0.25, 0.3) is 11.7 Å². The summed E-state index contributed by atoms with van der Waals surface area (Å²) in [5.74, 6) is -7.37. The van der Waals surface area contributed by atoms with E-state index in [1.54, 1.807) is 35.2 Å². The Kier molecular flexibility index (Phi) is 17.5. The molecule has 66 heavy (non-hydrogen) atoms. The van der Waals surface area contributed by atoms with Crippen molar-refractivity contribution in [1.82, 2.24) is 9.88 Å². The molecule has 0 spiro atoms. The molecule has 1 amide bonds. The molecule has 3 fully saturated rings. The number of anilines is 1. The van der Waals surface area contributed by atoms with Crippen LogP contribution >= 0.6 is 0 Å². The van der Waals surface area contributed by atoms with E-state index in [9.17, 15) is 29.4 Å². The molecule has 14 atom stereocenters. The summed E-state index contributed by atoms with van der Waals surface area (Å²) in [4.78, 5) is 64.1. The number of nitrogens with zero attached hydrogens (tertiary/aromatic N) is 2. The summed E-state index contributed by atoms with van der Waals surface area (Å²) in [5.41, 5.74) is 3.90. The number of rotatable bonds is 8. The summed E-state index contributed by atoms with van der Waals surface area (Å²) in [5, 5.41) is 25.2. The highest BCUT2D eigenvalue weighted by atomic mass is 16.7. The van der Waals surface area contributed by atoms with Gasteiger partial charge in [-0.2, -0.15) is 0 Å². The summed E-state index contributed by atoms with van der Waals surface area (Å²) < 4.78 is 30.7. The minimum Gasteiger partial charge on any atom is -0.456 e. The van der Waals surface area contributed by atoms with Gasteiger partial charge in [-0.15, -0.1) is 0 Å². The van der Waals surface area contributed by atoms with E-state index in [1.165, 1.54) is 4.90 Å². The fourth-order valence-electron chi connectivity index (χ4n) is 11.3. The van der Waals surface area contributed by atoms with E-state index in [-0.39, 0.29) is 55.6 Å². The number of Topliss-reactive ketones (excluding diaryl/α,β-unsaturated/α-hetero) is 2. The number of carbonyl (C=O) groups is 4. The monoisotopic (exact) mass is 920 g/mol. The van der Waals surface area contributed by atoms with E-state index < -0.39 is 77.8 Å². The molecular weight excluding hydrogens is 843 g/mol. The Hall–Kier alpha value is -3.92. The van der Waals surface area contributed by atoms with Gasteiger partial charge in [-0.25, -0.2) is 4.79 Å². The molecule has 1 aliphatic carbocycles. The Bertz CT molecular complexity index is 2070. The van der Waals surface area contributed by atoms with Crippen LogP contribution in [-0.4, -0.2) is 133 Å². The van der Waals surface area contributed by atoms with Gasteiger partial charge in [-0.05, 0) is 120 Å². The number of aromatic nitrogens is 1. The number of cyclic esters (lactones) is 1. The number of hydrogen-bond donors (Lipinski definition) is 3. The average Bonchev–Trinajstić information content (AvgIpc) is 3.79. The van der Waals surface area contributed by atoms with Crippen LogP contribution in [-0.2, 0) is 42.9 Å². The lowest BCUT2D eigenvalue weighted by molar-refractivity contribution is -0.302. The minimum atomic E-state index is -2.50. The van der Waals surface area contributed by atoms with E-state index in [0.717, 1.165) is 40.6 Å². The van der Waals surface area contributed by atoms with E-state index in [0.29, 0.717) is 38.5 Å². The second kappa shape index (κ2) is 22.5. The predicted octanol–water partition coefficient (Wildman–Crippen LogP) is 7.10. The van der Waals surface area contributed by atoms with Crippen LogP contribution in [0.15, 0.2) is 53.8 Å². The molecule has 6 rings (SSSR count). The Morgan fingerprint density at radius 2 is 1.67 bits per heavy atom. The highest BCUT2D eigenvalue weighted by Gasteiger charge is 2.56. The van der Waals surface area contributed by atoms with Gasteiger partial charge in [0.15, 0.2) is 0 Å². The number of benzene rings is 1. The number of amides is 1. The minimum absolute atomic E-state index is 0.0344. The van der Waals surface area contributed by atoms with Gasteiger partial charge < -0.3 is 48.7 Å². The van der Waals surface area contributed by atoms with Crippen molar-refractivity contribution in [1.29, 1.82) is 0 Å². The van der Waals surface area contributed by atoms with Gasteiger partial charge >= 0.3 is 5.97 Å². The van der Waals surface area contributed by atoms with Crippen LogP contribution in [0.5, 0.6) is 0 Å². The highest BCUT2D eigenvalue weighted by molar-refractivity contribution is 6.39. The van der Waals surface area contributed by atoms with Crippen LogP contribution in [0.4, 0.5) is 5.69 Å². The number of fused-ring (bicyclic) bond motifs is 4. The predicted molar refractivity (Wildman–Crippen MR) is 253 cm³/mol. The molecule has 1 saturated carbocycles. The number of likely N-dealkylation sites (N-methyl/N-ethyl adjacent to an activating group) is 1. The van der Waals surface area contributed by atoms with Crippen molar-refractivity contribution in [2.75, 3.05) is 39.8 Å². The van der Waals surface area contributed by atoms with Crippen molar-refractivity contribution in [2.45, 2.75) is 167 Å². The molecule has 1 aromatic carbocycles. The molecular formula is C52H77N3O11. The highest BCUT2D eigenvalue weighted by Crippen LogP contribution is 2.40. The van der Waals surface area contributed by atoms with Gasteiger partial charge in [-0.1, -0.05) is 45.4 Å². The number of aliphatic hydroxyl groups excluding tert-OH is 1. The number of aliphatic hydroxyl groups is 2. The maximum absolute atomic E-state index is 14.6. The number of piperidine rings is 1. The molecule has 3 aliphatic heterocycles. The Labute approximate surface area is 391 Å². The lowest BCUT2D eigenvalue weighted by Gasteiger charge is -2.47. The van der Waals surface area contributed by atoms with Gasteiger partial charge in [0.1, 0.15) is 24.0 Å². The van der Waals surface area contributed by atoms with Gasteiger partial charge in [-0.3, -0.25) is 14.4 Å². The maximum Gasteiger partial charge on any atom is 0.329 e. The molecule has 0 radical (unpaired) electrons. The first-order valence-corrected chi connectivity index (χ1v) is 24.3. The van der Waals surface area contributed by atoms with Crippen LogP contribution < -0.4 is 4.90 Å². The van der Waals surface area contributed by atoms with Crippen LogP contribution in [0.3, 0.4) is 0 Å². The number of nitrogens with one attached hydrogen (secondary N) is 1. The zero-order valence-electron chi connectivity index (χ0n) is 41.0. The largest absolute Gasteiger partial charge is 0.456 e. The SMILES string of the molecule is CCC1C=C(C)CC(C)CC(OC)C2OC(O)(C(=O)C(=O)N3CCCCC3C(=O)OC(C(C)=CC3CCC(N(C)c4ccc5[nH]ccc5c4)C(OC)C3)C(C)C(O)CC1=O)C(C)CC2OC. The number of methoxy groups -OCH3 is 3. The number of carbonyl (C=O) groups excluding carboxylic acids is 4. The summed E-state index contributed by atoms with van der Waals surface area (Å²) in [6.07, 6.45) is 7.30. The first-order chi connectivity index (χ1) is 31.4. The third kappa shape index (κ3) is 11.3. The summed E-state index contributed by atoms with van der Waals surface area (Å²) in [6, 6.07) is 7.43. The number of allylic oxidation sites excluding steroid dienone is 3. The second-order valence-electron chi connectivity index (χ2n) is 20.0. The lowest BCUT2D eigenvalue weighted by Crippen LogP contribution is -2.64. The van der Waals surface area contributed by atoms with Crippen molar-refractivity contribution in [3.63, 3.8) is 0 Å². The Morgan fingerprint density at radius 1 is 0.955 bits per heavy atom. The second-order valence-corrected chi connectivity index (χ2v) is 20.0. The Morgan fingerprint density at radius 3 is 2.36 bits per heavy atom. The van der Waals surface area contributed by atoms with Crippen LogP contribution in [0.1, 0.15) is 112 Å². The summed E-state index contributed by atoms with van der Waals surface area (Å²) >= 11 is 0. The van der Waals surface area contributed by atoms with Crippen molar-refractivity contribution >= 4 is 40.0 Å². The van der Waals surface area contributed by atoms with E-state index >= 15 is 0 Å². The van der Waals surface area contributed by atoms with Gasteiger partial charge in [0.05, 0.1) is 30.5 Å². The fourth-order valence-corrected chi connectivity index (χ4v) is 11.3. The van der Waals surface area contributed by atoms with Crippen LogP contribution in [0.2, 0.25) is 0 Å². The molecule has 2 aromatic rings. The quantitative estimate of drug-likeness (QED) is 0.139.